The predicted molar refractivity (Wildman–Crippen MR) is 126 cm³/mol. The maximum absolute atomic E-state index is 13.1. The van der Waals surface area contributed by atoms with E-state index in [0.29, 0.717) is 5.56 Å². The lowest BCUT2D eigenvalue weighted by Gasteiger charge is -2.26. The van der Waals surface area contributed by atoms with Gasteiger partial charge in [0.25, 0.3) is 0 Å². The number of nitrogens with zero attached hydrogens (tertiary/aromatic N) is 2. The fourth-order valence-corrected chi connectivity index (χ4v) is 3.37. The predicted octanol–water partition coefficient (Wildman–Crippen LogP) is 3.11. The summed E-state index contributed by atoms with van der Waals surface area (Å²) < 4.78 is 45.5. The van der Waals surface area contributed by atoms with Gasteiger partial charge in [0.2, 0.25) is 19.5 Å². The highest BCUT2D eigenvalue weighted by atomic mass is 31.2. The molecule has 14 nitrogen and oxygen atoms in total. The maximum Gasteiger partial charge on any atom is 0.510 e. The molecule has 0 heterocycles. The second kappa shape index (κ2) is 14.9. The highest BCUT2D eigenvalue weighted by Gasteiger charge is 2.31. The van der Waals surface area contributed by atoms with Gasteiger partial charge in [0.1, 0.15) is 6.04 Å². The molecule has 0 aliphatic heterocycles. The molecule has 3 N–H and O–H groups in total. The lowest BCUT2D eigenvalue weighted by Crippen LogP contribution is -2.47. The number of carboxylic acids is 1. The molecule has 36 heavy (non-hydrogen) atoms. The van der Waals surface area contributed by atoms with Gasteiger partial charge in [-0.25, -0.2) is 18.9 Å². The van der Waals surface area contributed by atoms with E-state index in [1.54, 1.807) is 58.0 Å². The van der Waals surface area contributed by atoms with Crippen molar-refractivity contribution in [2.75, 3.05) is 20.6 Å². The minimum atomic E-state index is -4.60. The largest absolute Gasteiger partial charge is 0.510 e. The molecule has 0 bridgehead atoms. The van der Waals surface area contributed by atoms with Crippen LogP contribution in [0.5, 0.6) is 0 Å². The Labute approximate surface area is 208 Å². The van der Waals surface area contributed by atoms with Gasteiger partial charge in [-0.1, -0.05) is 30.3 Å². The first-order chi connectivity index (χ1) is 16.8. The third-order valence-corrected chi connectivity index (χ3v) is 5.37. The van der Waals surface area contributed by atoms with Crippen molar-refractivity contribution in [3.63, 3.8) is 0 Å². The molecule has 0 saturated carbocycles. The lowest BCUT2D eigenvalue weighted by molar-refractivity contribution is -0.141. The molecule has 1 aromatic carbocycles. The topological polar surface area (TPSA) is 186 Å². The van der Waals surface area contributed by atoms with Gasteiger partial charge in [-0.05, 0) is 33.3 Å². The Morgan fingerprint density at radius 3 is 1.86 bits per heavy atom. The highest BCUT2D eigenvalue weighted by molar-refractivity contribution is 7.52. The summed E-state index contributed by atoms with van der Waals surface area (Å²) in [5.41, 5.74) is 6.61. The van der Waals surface area contributed by atoms with Crippen LogP contribution in [0.25, 0.3) is 0 Å². The van der Waals surface area contributed by atoms with E-state index in [9.17, 15) is 24.1 Å². The van der Waals surface area contributed by atoms with Crippen molar-refractivity contribution in [2.24, 2.45) is 10.5 Å². The third kappa shape index (κ3) is 11.9. The van der Waals surface area contributed by atoms with E-state index in [4.69, 9.17) is 24.3 Å². The Balaban J connectivity index is 3.01. The van der Waals surface area contributed by atoms with Gasteiger partial charge in [-0.3, -0.25) is 9.05 Å². The second-order valence-corrected chi connectivity index (χ2v) is 9.35. The van der Waals surface area contributed by atoms with Crippen LogP contribution in [0.15, 0.2) is 35.1 Å². The molecule has 0 aliphatic carbocycles. The number of benzene rings is 1. The van der Waals surface area contributed by atoms with Crippen LogP contribution >= 0.6 is 7.75 Å². The Morgan fingerprint density at radius 1 is 0.972 bits per heavy atom. The Hall–Kier alpha value is -3.35. The number of aliphatic carboxylic acids is 1. The van der Waals surface area contributed by atoms with Crippen LogP contribution in [0, 0.1) is 0 Å². The summed E-state index contributed by atoms with van der Waals surface area (Å²) >= 11 is 0. The number of rotatable bonds is 13. The van der Waals surface area contributed by atoms with E-state index in [-0.39, 0.29) is 6.42 Å². The number of hydrogen-bond acceptors (Lipinski definition) is 10. The van der Waals surface area contributed by atoms with Crippen molar-refractivity contribution in [3.05, 3.63) is 35.9 Å². The standard InChI is InChI=1S/C21H32N3O11P/c1-14(2)34-20(27)30-12-32-36(29,33-13-31-21(28)35-15(3)4)23-19(22)24(5)17(18(25)26)11-16-9-7-6-8-10-16/h6-10,14-15,17H,11-13H2,1-5H3,(H,25,26)(H2,22,23,29). The second-order valence-electron chi connectivity index (χ2n) is 7.70. The maximum atomic E-state index is 13.1. The van der Waals surface area contributed by atoms with Crippen molar-refractivity contribution in [1.29, 1.82) is 0 Å². The fourth-order valence-electron chi connectivity index (χ4n) is 2.41. The summed E-state index contributed by atoms with van der Waals surface area (Å²) in [5, 5.41) is 9.67. The van der Waals surface area contributed by atoms with Crippen molar-refractivity contribution in [1.82, 2.24) is 4.90 Å². The lowest BCUT2D eigenvalue weighted by atomic mass is 10.1. The smallest absolute Gasteiger partial charge is 0.480 e. The summed E-state index contributed by atoms with van der Waals surface area (Å²) in [4.78, 5) is 36.0. The first-order valence-corrected chi connectivity index (χ1v) is 12.2. The zero-order valence-electron chi connectivity index (χ0n) is 20.7. The zero-order valence-corrected chi connectivity index (χ0v) is 21.6. The van der Waals surface area contributed by atoms with Gasteiger partial charge >= 0.3 is 26.0 Å². The van der Waals surface area contributed by atoms with Crippen LogP contribution in [-0.2, 0) is 43.8 Å². The molecule has 0 radical (unpaired) electrons. The summed E-state index contributed by atoms with van der Waals surface area (Å²) in [6.07, 6.45) is -3.16. The number of carbonyl (C=O) groups is 3. The van der Waals surface area contributed by atoms with E-state index in [1.165, 1.54) is 7.05 Å². The van der Waals surface area contributed by atoms with Crippen molar-refractivity contribution >= 4 is 32.0 Å². The number of likely N-dealkylation sites (N-methyl/N-ethyl adjacent to an activating group) is 1. The molecule has 0 fully saturated rings. The molecule has 0 aliphatic rings. The molecule has 1 rings (SSSR count). The molecule has 1 atom stereocenters. The summed E-state index contributed by atoms with van der Waals surface area (Å²) in [6, 6.07) is 7.54. The molecular formula is C21H32N3O11P. The Kier molecular flexibility index (Phi) is 12.7. The van der Waals surface area contributed by atoms with Crippen LogP contribution in [0.3, 0.4) is 0 Å². The van der Waals surface area contributed by atoms with Crippen LogP contribution in [-0.4, -0.2) is 73.1 Å². The molecule has 0 amide bonds. The van der Waals surface area contributed by atoms with Crippen molar-refractivity contribution in [2.45, 2.75) is 52.4 Å². The summed E-state index contributed by atoms with van der Waals surface area (Å²) in [5.74, 6) is -1.76. The van der Waals surface area contributed by atoms with Crippen LogP contribution < -0.4 is 5.73 Å². The van der Waals surface area contributed by atoms with Crippen molar-refractivity contribution < 1.29 is 52.1 Å². The van der Waals surface area contributed by atoms with E-state index < -0.39 is 63.8 Å². The van der Waals surface area contributed by atoms with Gasteiger partial charge in [-0.15, -0.1) is 4.76 Å². The number of carbonyl (C=O) groups excluding carboxylic acids is 2. The molecule has 0 aromatic heterocycles. The van der Waals surface area contributed by atoms with E-state index in [1.807, 2.05) is 0 Å². The van der Waals surface area contributed by atoms with Gasteiger partial charge in [-0.2, -0.15) is 0 Å². The van der Waals surface area contributed by atoms with Gasteiger partial charge in [0.05, 0.1) is 12.2 Å². The summed E-state index contributed by atoms with van der Waals surface area (Å²) in [6.45, 7) is 4.48. The number of guanidine groups is 1. The Morgan fingerprint density at radius 2 is 1.44 bits per heavy atom. The molecule has 0 saturated heterocycles. The Bertz CT molecular complexity index is 908. The van der Waals surface area contributed by atoms with Gasteiger partial charge in [0.15, 0.2) is 0 Å². The molecule has 202 valence electrons. The minimum Gasteiger partial charge on any atom is -0.480 e. The normalized spacial score (nSPS) is 12.7. The summed E-state index contributed by atoms with van der Waals surface area (Å²) in [7, 11) is -3.28. The van der Waals surface area contributed by atoms with Gasteiger partial charge in [0, 0.05) is 13.5 Å². The number of hydrogen-bond donors (Lipinski definition) is 2. The zero-order chi connectivity index (χ0) is 27.3. The minimum absolute atomic E-state index is 0.0449. The molecule has 0 spiro atoms. The van der Waals surface area contributed by atoms with Gasteiger partial charge < -0.3 is 34.7 Å². The van der Waals surface area contributed by atoms with Crippen LogP contribution in [0.2, 0.25) is 0 Å². The van der Waals surface area contributed by atoms with Crippen molar-refractivity contribution in [3.8, 4) is 0 Å². The quantitative estimate of drug-likeness (QED) is 0.124. The number of ether oxygens (including phenoxy) is 4. The molecule has 1 unspecified atom stereocenters. The number of carboxylic acid groups (broad SMARTS) is 1. The first kappa shape index (κ1) is 30.7. The highest BCUT2D eigenvalue weighted by Crippen LogP contribution is 2.50. The average molecular weight is 533 g/mol. The van der Waals surface area contributed by atoms with E-state index >= 15 is 0 Å². The van der Waals surface area contributed by atoms with E-state index in [0.717, 1.165) is 4.90 Å². The van der Waals surface area contributed by atoms with Crippen LogP contribution in [0.1, 0.15) is 33.3 Å². The van der Waals surface area contributed by atoms with E-state index in [2.05, 4.69) is 14.2 Å². The average Bonchev–Trinajstić information content (AvgIpc) is 2.76. The fraction of sp³-hybridized carbons (Fsp3) is 0.524. The molecule has 15 heteroatoms. The number of nitrogens with two attached hydrogens (primary N) is 1. The van der Waals surface area contributed by atoms with Crippen LogP contribution in [0.4, 0.5) is 9.59 Å². The third-order valence-electron chi connectivity index (χ3n) is 4.06. The monoisotopic (exact) mass is 533 g/mol. The SMILES string of the molecule is CC(C)OC(=O)OCOP(=O)(N=C(N)N(C)C(Cc1ccccc1)C(=O)O)OCOC(=O)OC(C)C. The molecule has 1 aromatic rings. The first-order valence-electron chi connectivity index (χ1n) is 10.7. The molecular weight excluding hydrogens is 501 g/mol.